The van der Waals surface area contributed by atoms with Crippen LogP contribution in [0.3, 0.4) is 0 Å². The molecule has 1 aromatic heterocycles. The molecule has 0 radical (unpaired) electrons. The van der Waals surface area contributed by atoms with Gasteiger partial charge in [-0.3, -0.25) is 9.89 Å². The van der Waals surface area contributed by atoms with Crippen molar-refractivity contribution >= 4 is 5.91 Å². The first-order valence-electron chi connectivity index (χ1n) is 9.91. The molecule has 144 valence electrons. The number of aromatic amines is 1. The van der Waals surface area contributed by atoms with Crippen molar-refractivity contribution in [1.82, 2.24) is 15.1 Å². The number of aromatic hydroxyl groups is 1. The molecule has 4 rings (SSSR count). The van der Waals surface area contributed by atoms with Gasteiger partial charge in [-0.1, -0.05) is 42.5 Å². The van der Waals surface area contributed by atoms with Crippen molar-refractivity contribution in [3.63, 3.8) is 0 Å². The number of hydrogen-bond acceptors (Lipinski definition) is 3. The second-order valence-corrected chi connectivity index (χ2v) is 7.36. The van der Waals surface area contributed by atoms with E-state index in [4.69, 9.17) is 0 Å². The van der Waals surface area contributed by atoms with Gasteiger partial charge < -0.3 is 10.0 Å². The molecule has 0 spiro atoms. The Labute approximate surface area is 165 Å². The zero-order valence-corrected chi connectivity index (χ0v) is 15.8. The molecule has 2 heterocycles. The lowest BCUT2D eigenvalue weighted by atomic mass is 9.95. The number of piperidine rings is 1. The molecule has 2 aromatic carbocycles. The fourth-order valence-electron chi connectivity index (χ4n) is 3.96. The molecule has 1 fully saturated rings. The van der Waals surface area contributed by atoms with E-state index in [0.717, 1.165) is 38.6 Å². The van der Waals surface area contributed by atoms with Crippen molar-refractivity contribution in [2.24, 2.45) is 0 Å². The number of para-hydroxylation sites is 1. The maximum atomic E-state index is 13.1. The van der Waals surface area contributed by atoms with Crippen LogP contribution >= 0.6 is 0 Å². The predicted molar refractivity (Wildman–Crippen MR) is 109 cm³/mol. The summed E-state index contributed by atoms with van der Waals surface area (Å²) in [5, 5.41) is 17.2. The van der Waals surface area contributed by atoms with Crippen LogP contribution in [0.25, 0.3) is 11.3 Å². The molecule has 1 atom stereocenters. The Kier molecular flexibility index (Phi) is 5.42. The Morgan fingerprint density at radius 1 is 1.11 bits per heavy atom. The number of benzene rings is 2. The normalized spacial score (nSPS) is 16.9. The first kappa shape index (κ1) is 18.3. The van der Waals surface area contributed by atoms with Crippen molar-refractivity contribution in [1.29, 1.82) is 0 Å². The quantitative estimate of drug-likeness (QED) is 0.694. The number of carbonyl (C=O) groups is 1. The summed E-state index contributed by atoms with van der Waals surface area (Å²) in [4.78, 5) is 15.1. The van der Waals surface area contributed by atoms with Gasteiger partial charge in [-0.25, -0.2) is 0 Å². The number of H-pyrrole nitrogens is 1. The van der Waals surface area contributed by atoms with Crippen LogP contribution in [-0.4, -0.2) is 38.7 Å². The lowest BCUT2D eigenvalue weighted by molar-refractivity contribution is 0.0596. The number of nitrogens with one attached hydrogen (secondary N) is 1. The van der Waals surface area contributed by atoms with Gasteiger partial charge in [0.25, 0.3) is 5.91 Å². The van der Waals surface area contributed by atoms with Gasteiger partial charge >= 0.3 is 0 Å². The first-order chi connectivity index (χ1) is 13.7. The number of aromatic nitrogens is 2. The number of phenols is 1. The van der Waals surface area contributed by atoms with Crippen LogP contribution in [0.4, 0.5) is 0 Å². The number of carbonyl (C=O) groups excluding carboxylic acids is 1. The summed E-state index contributed by atoms with van der Waals surface area (Å²) in [5.74, 6) is 0.152. The third-order valence-electron chi connectivity index (χ3n) is 5.49. The average molecular weight is 375 g/mol. The summed E-state index contributed by atoms with van der Waals surface area (Å²) in [7, 11) is 0. The number of amides is 1. The third-order valence-corrected chi connectivity index (χ3v) is 5.49. The van der Waals surface area contributed by atoms with Gasteiger partial charge in [0.1, 0.15) is 11.4 Å². The highest BCUT2D eigenvalue weighted by molar-refractivity contribution is 5.93. The predicted octanol–water partition coefficient (Wildman–Crippen LogP) is 4.41. The van der Waals surface area contributed by atoms with Crippen LogP contribution in [0.1, 0.15) is 41.7 Å². The minimum absolute atomic E-state index is 0.00747. The second kappa shape index (κ2) is 8.30. The zero-order valence-electron chi connectivity index (χ0n) is 15.8. The summed E-state index contributed by atoms with van der Waals surface area (Å²) < 4.78 is 0. The number of nitrogens with zero attached hydrogens (tertiary/aromatic N) is 2. The molecule has 0 bridgehead atoms. The van der Waals surface area contributed by atoms with Crippen LogP contribution in [-0.2, 0) is 6.42 Å². The average Bonchev–Trinajstić information content (AvgIpc) is 3.23. The van der Waals surface area contributed by atoms with Gasteiger partial charge in [0.05, 0.1) is 5.69 Å². The molecular weight excluding hydrogens is 350 g/mol. The van der Waals surface area contributed by atoms with Crippen LogP contribution in [0.2, 0.25) is 0 Å². The van der Waals surface area contributed by atoms with E-state index in [1.54, 1.807) is 24.3 Å². The summed E-state index contributed by atoms with van der Waals surface area (Å²) in [6.45, 7) is 0.781. The Balaban J connectivity index is 1.48. The van der Waals surface area contributed by atoms with Crippen molar-refractivity contribution in [2.75, 3.05) is 6.54 Å². The Morgan fingerprint density at radius 2 is 1.89 bits per heavy atom. The van der Waals surface area contributed by atoms with E-state index in [2.05, 4.69) is 34.5 Å². The van der Waals surface area contributed by atoms with E-state index < -0.39 is 0 Å². The maximum absolute atomic E-state index is 13.1. The monoisotopic (exact) mass is 375 g/mol. The van der Waals surface area contributed by atoms with Crippen molar-refractivity contribution < 1.29 is 9.90 Å². The fourth-order valence-corrected chi connectivity index (χ4v) is 3.96. The SMILES string of the molecule is O=C(c1cc(-c2ccccc2O)n[nH]1)N1CCCCC1CCc1ccccc1. The van der Waals surface area contributed by atoms with Crippen molar-refractivity contribution in [3.05, 3.63) is 71.9 Å². The van der Waals surface area contributed by atoms with E-state index in [1.165, 1.54) is 5.56 Å². The summed E-state index contributed by atoms with van der Waals surface area (Å²) >= 11 is 0. The molecule has 3 aromatic rings. The summed E-state index contributed by atoms with van der Waals surface area (Å²) in [5.41, 5.74) is 2.99. The highest BCUT2D eigenvalue weighted by Gasteiger charge is 2.28. The van der Waals surface area contributed by atoms with Gasteiger partial charge in [0.2, 0.25) is 0 Å². The van der Waals surface area contributed by atoms with Crippen molar-refractivity contribution in [2.45, 2.75) is 38.1 Å². The van der Waals surface area contributed by atoms with Gasteiger partial charge in [0, 0.05) is 18.2 Å². The maximum Gasteiger partial charge on any atom is 0.272 e. The number of likely N-dealkylation sites (tertiary alicyclic amines) is 1. The zero-order chi connectivity index (χ0) is 19.3. The lowest BCUT2D eigenvalue weighted by Crippen LogP contribution is -2.44. The van der Waals surface area contributed by atoms with Gasteiger partial charge in [-0.2, -0.15) is 5.10 Å². The molecule has 1 unspecified atom stereocenters. The molecule has 0 saturated carbocycles. The standard InChI is InChI=1S/C23H25N3O2/c27-22-12-5-4-11-19(22)20-16-21(25-24-20)23(28)26-15-7-6-10-18(26)14-13-17-8-2-1-3-9-17/h1-5,8-9,11-12,16,18,27H,6-7,10,13-15H2,(H,24,25). The molecule has 1 aliphatic heterocycles. The third kappa shape index (κ3) is 3.93. The van der Waals surface area contributed by atoms with E-state index in [-0.39, 0.29) is 17.7 Å². The molecule has 2 N–H and O–H groups in total. The first-order valence-corrected chi connectivity index (χ1v) is 9.91. The highest BCUT2D eigenvalue weighted by Crippen LogP contribution is 2.28. The molecule has 1 amide bonds. The number of aryl methyl sites for hydroxylation is 1. The Hall–Kier alpha value is -3.08. The minimum atomic E-state index is -0.00747. The molecule has 5 nitrogen and oxygen atoms in total. The Morgan fingerprint density at radius 3 is 2.71 bits per heavy atom. The topological polar surface area (TPSA) is 69.2 Å². The number of hydrogen-bond donors (Lipinski definition) is 2. The van der Waals surface area contributed by atoms with Crippen LogP contribution in [0.5, 0.6) is 5.75 Å². The minimum Gasteiger partial charge on any atom is -0.507 e. The van der Waals surface area contributed by atoms with Gasteiger partial charge in [0.15, 0.2) is 0 Å². The largest absolute Gasteiger partial charge is 0.507 e. The highest BCUT2D eigenvalue weighted by atomic mass is 16.3. The molecule has 5 heteroatoms. The Bertz CT molecular complexity index is 936. The molecule has 1 aliphatic rings. The molecule has 28 heavy (non-hydrogen) atoms. The van der Waals surface area contributed by atoms with Crippen LogP contribution in [0, 0.1) is 0 Å². The molecule has 0 aliphatic carbocycles. The van der Waals surface area contributed by atoms with E-state index in [9.17, 15) is 9.90 Å². The van der Waals surface area contributed by atoms with E-state index >= 15 is 0 Å². The molecular formula is C23H25N3O2. The van der Waals surface area contributed by atoms with Crippen molar-refractivity contribution in [3.8, 4) is 17.0 Å². The second-order valence-electron chi connectivity index (χ2n) is 7.36. The van der Waals surface area contributed by atoms with Crippen LogP contribution < -0.4 is 0 Å². The lowest BCUT2D eigenvalue weighted by Gasteiger charge is -2.35. The van der Waals surface area contributed by atoms with Crippen LogP contribution in [0.15, 0.2) is 60.7 Å². The van der Waals surface area contributed by atoms with E-state index in [0.29, 0.717) is 17.0 Å². The number of rotatable bonds is 5. The fraction of sp³-hybridized carbons (Fsp3) is 0.304. The van der Waals surface area contributed by atoms with Gasteiger partial charge in [-0.15, -0.1) is 0 Å². The smallest absolute Gasteiger partial charge is 0.272 e. The number of phenolic OH excluding ortho intramolecular Hbond substituents is 1. The van der Waals surface area contributed by atoms with Gasteiger partial charge in [-0.05, 0) is 55.9 Å². The summed E-state index contributed by atoms with van der Waals surface area (Å²) in [6.07, 6.45) is 5.18. The summed E-state index contributed by atoms with van der Waals surface area (Å²) in [6, 6.07) is 19.4. The molecule has 1 saturated heterocycles. The van der Waals surface area contributed by atoms with E-state index in [1.807, 2.05) is 17.0 Å².